The summed E-state index contributed by atoms with van der Waals surface area (Å²) >= 11 is 6.03. The van der Waals surface area contributed by atoms with Crippen molar-refractivity contribution in [3.05, 3.63) is 0 Å². The molecule has 2 aliphatic rings. The van der Waals surface area contributed by atoms with Crippen LogP contribution >= 0.6 is 11.6 Å². The van der Waals surface area contributed by atoms with Crippen LogP contribution in [0.5, 0.6) is 0 Å². The van der Waals surface area contributed by atoms with E-state index in [2.05, 4.69) is 0 Å². The summed E-state index contributed by atoms with van der Waals surface area (Å²) in [6.07, 6.45) is 9.73. The van der Waals surface area contributed by atoms with Gasteiger partial charge in [-0.25, -0.2) is 0 Å². The van der Waals surface area contributed by atoms with Gasteiger partial charge in [-0.2, -0.15) is 0 Å². The van der Waals surface area contributed by atoms with Crippen molar-refractivity contribution in [2.45, 2.75) is 56.7 Å². The van der Waals surface area contributed by atoms with Crippen molar-refractivity contribution in [3.8, 4) is 0 Å². The van der Waals surface area contributed by atoms with Gasteiger partial charge in [0.05, 0.1) is 5.38 Å². The fraction of sp³-hybridized carbons (Fsp3) is 0.917. The maximum Gasteiger partial charge on any atom is 0.150 e. The molecule has 2 heteroatoms. The number of rotatable bonds is 1. The molecule has 1 nitrogen and oxygen atoms in total. The lowest BCUT2D eigenvalue weighted by atomic mass is 9.73. The zero-order chi connectivity index (χ0) is 9.97. The molecule has 2 atom stereocenters. The van der Waals surface area contributed by atoms with E-state index >= 15 is 0 Å². The maximum atomic E-state index is 11.3. The van der Waals surface area contributed by atoms with E-state index in [1.165, 1.54) is 32.1 Å². The molecule has 2 fully saturated rings. The number of Topliss-reactive ketones (excluding diaryl/α,β-unsaturated/α-hetero) is 1. The Morgan fingerprint density at radius 1 is 1.00 bits per heavy atom. The van der Waals surface area contributed by atoms with E-state index in [0.29, 0.717) is 0 Å². The predicted octanol–water partition coefficient (Wildman–Crippen LogP) is 3.54. The molecule has 2 saturated carbocycles. The smallest absolute Gasteiger partial charge is 0.150 e. The van der Waals surface area contributed by atoms with Crippen LogP contribution in [0, 0.1) is 11.8 Å². The van der Waals surface area contributed by atoms with E-state index < -0.39 is 0 Å². The molecular formula is C12H19ClO. The normalized spacial score (nSPS) is 35.9. The summed E-state index contributed by atoms with van der Waals surface area (Å²) in [4.78, 5) is 11.3. The lowest BCUT2D eigenvalue weighted by molar-refractivity contribution is -0.121. The third-order valence-corrected chi connectivity index (χ3v) is 4.36. The molecule has 0 radical (unpaired) electrons. The van der Waals surface area contributed by atoms with E-state index in [1.807, 2.05) is 0 Å². The van der Waals surface area contributed by atoms with Gasteiger partial charge < -0.3 is 0 Å². The van der Waals surface area contributed by atoms with Gasteiger partial charge in [0.15, 0.2) is 5.78 Å². The molecule has 0 aromatic heterocycles. The Morgan fingerprint density at radius 3 is 2.36 bits per heavy atom. The Morgan fingerprint density at radius 2 is 1.71 bits per heavy atom. The Labute approximate surface area is 91.2 Å². The van der Waals surface area contributed by atoms with Crippen molar-refractivity contribution in [3.63, 3.8) is 0 Å². The molecular weight excluding hydrogens is 196 g/mol. The topological polar surface area (TPSA) is 17.1 Å². The summed E-state index contributed by atoms with van der Waals surface area (Å²) in [5.41, 5.74) is 0. The fourth-order valence-corrected chi connectivity index (χ4v) is 3.37. The van der Waals surface area contributed by atoms with Gasteiger partial charge in [0, 0.05) is 6.42 Å². The van der Waals surface area contributed by atoms with Crippen molar-refractivity contribution in [2.75, 3.05) is 0 Å². The lowest BCUT2D eigenvalue weighted by Crippen LogP contribution is -2.30. The van der Waals surface area contributed by atoms with Crippen LogP contribution in [0.4, 0.5) is 0 Å². The highest BCUT2D eigenvalue weighted by molar-refractivity contribution is 6.31. The predicted molar refractivity (Wildman–Crippen MR) is 58.6 cm³/mol. The Hall–Kier alpha value is -0.0400. The molecule has 0 N–H and O–H groups in total. The largest absolute Gasteiger partial charge is 0.298 e. The highest BCUT2D eigenvalue weighted by Crippen LogP contribution is 2.38. The van der Waals surface area contributed by atoms with Crippen molar-refractivity contribution in [1.82, 2.24) is 0 Å². The third-order valence-electron chi connectivity index (χ3n) is 3.94. The molecule has 2 unspecified atom stereocenters. The van der Waals surface area contributed by atoms with Crippen LogP contribution in [0.15, 0.2) is 0 Å². The highest BCUT2D eigenvalue weighted by atomic mass is 35.5. The van der Waals surface area contributed by atoms with Crippen molar-refractivity contribution in [2.24, 2.45) is 11.8 Å². The monoisotopic (exact) mass is 214 g/mol. The van der Waals surface area contributed by atoms with Crippen molar-refractivity contribution in [1.29, 1.82) is 0 Å². The van der Waals surface area contributed by atoms with Gasteiger partial charge in [-0.05, 0) is 24.7 Å². The molecule has 0 aliphatic heterocycles. The minimum atomic E-state index is -0.171. The Bertz CT molecular complexity index is 208. The van der Waals surface area contributed by atoms with Gasteiger partial charge in [0.1, 0.15) is 0 Å². The van der Waals surface area contributed by atoms with Gasteiger partial charge in [-0.15, -0.1) is 11.6 Å². The quantitative estimate of drug-likeness (QED) is 0.611. The average molecular weight is 215 g/mol. The first-order chi connectivity index (χ1) is 6.77. The zero-order valence-corrected chi connectivity index (χ0v) is 9.43. The minimum absolute atomic E-state index is 0.171. The molecule has 0 aromatic rings. The molecule has 2 aliphatic carbocycles. The van der Waals surface area contributed by atoms with Gasteiger partial charge in [0.25, 0.3) is 0 Å². The van der Waals surface area contributed by atoms with Crippen LogP contribution in [0.3, 0.4) is 0 Å². The van der Waals surface area contributed by atoms with Gasteiger partial charge >= 0.3 is 0 Å². The number of ketones is 1. The second-order valence-electron chi connectivity index (χ2n) is 4.87. The van der Waals surface area contributed by atoms with Crippen LogP contribution in [0.2, 0.25) is 0 Å². The lowest BCUT2D eigenvalue weighted by Gasteiger charge is -2.34. The fourth-order valence-electron chi connectivity index (χ4n) is 3.03. The van der Waals surface area contributed by atoms with Gasteiger partial charge in [0.2, 0.25) is 0 Å². The number of carbonyl (C=O) groups excluding carboxylic acids is 1. The summed E-state index contributed by atoms with van der Waals surface area (Å²) in [6.45, 7) is 0. The van der Waals surface area contributed by atoms with Crippen LogP contribution in [0.1, 0.15) is 51.4 Å². The summed E-state index contributed by atoms with van der Waals surface area (Å²) < 4.78 is 0. The molecule has 0 heterocycles. The second kappa shape index (κ2) is 4.65. The highest BCUT2D eigenvalue weighted by Gasteiger charge is 2.32. The van der Waals surface area contributed by atoms with E-state index in [9.17, 15) is 4.79 Å². The van der Waals surface area contributed by atoms with E-state index in [-0.39, 0.29) is 11.2 Å². The first-order valence-electron chi connectivity index (χ1n) is 5.94. The van der Waals surface area contributed by atoms with E-state index in [1.54, 1.807) is 0 Å². The molecule has 2 rings (SSSR count). The standard InChI is InChI=1S/C12H19ClO/c13-11-8-10(6-7-12(11)14)9-4-2-1-3-5-9/h9-11H,1-8H2. The van der Waals surface area contributed by atoms with Crippen LogP contribution < -0.4 is 0 Å². The average Bonchev–Trinajstić information content (AvgIpc) is 2.23. The third kappa shape index (κ3) is 2.31. The van der Waals surface area contributed by atoms with E-state index in [0.717, 1.165) is 31.1 Å². The second-order valence-corrected chi connectivity index (χ2v) is 5.39. The molecule has 0 bridgehead atoms. The molecule has 0 aromatic carbocycles. The van der Waals surface area contributed by atoms with Crippen molar-refractivity contribution < 1.29 is 4.79 Å². The minimum Gasteiger partial charge on any atom is -0.298 e. The molecule has 0 spiro atoms. The van der Waals surface area contributed by atoms with Crippen LogP contribution in [0.25, 0.3) is 0 Å². The summed E-state index contributed by atoms with van der Waals surface area (Å²) in [6, 6.07) is 0. The number of hydrogen-bond donors (Lipinski definition) is 0. The molecule has 14 heavy (non-hydrogen) atoms. The van der Waals surface area contributed by atoms with Crippen molar-refractivity contribution >= 4 is 17.4 Å². The van der Waals surface area contributed by atoms with Crippen LogP contribution in [-0.4, -0.2) is 11.2 Å². The molecule has 80 valence electrons. The number of carbonyl (C=O) groups is 1. The van der Waals surface area contributed by atoms with Crippen LogP contribution in [-0.2, 0) is 4.79 Å². The summed E-state index contributed by atoms with van der Waals surface area (Å²) in [5.74, 6) is 1.90. The molecule has 0 saturated heterocycles. The first kappa shape index (κ1) is 10.5. The SMILES string of the molecule is O=C1CCC(C2CCCCC2)CC1Cl. The Kier molecular flexibility index (Phi) is 3.48. The van der Waals surface area contributed by atoms with E-state index in [4.69, 9.17) is 11.6 Å². The summed E-state index contributed by atoms with van der Waals surface area (Å²) in [7, 11) is 0. The van der Waals surface area contributed by atoms with Gasteiger partial charge in [-0.1, -0.05) is 32.1 Å². The summed E-state index contributed by atoms with van der Waals surface area (Å²) in [5, 5.41) is -0.171. The molecule has 0 amide bonds. The Balaban J connectivity index is 1.88. The van der Waals surface area contributed by atoms with Gasteiger partial charge in [-0.3, -0.25) is 4.79 Å². The number of alkyl halides is 1. The zero-order valence-electron chi connectivity index (χ0n) is 8.68. The maximum absolute atomic E-state index is 11.3. The number of hydrogen-bond acceptors (Lipinski definition) is 1. The first-order valence-corrected chi connectivity index (χ1v) is 6.38. The number of halogens is 1.